The Hall–Kier alpha value is -0.0800. The summed E-state index contributed by atoms with van der Waals surface area (Å²) in [5.41, 5.74) is 5.13. The van der Waals surface area contributed by atoms with Crippen LogP contribution in [0.1, 0.15) is 0 Å². The zero-order valence-electron chi connectivity index (χ0n) is 3.55. The molecule has 2 nitrogen and oxygen atoms in total. The molecule has 2 N–H and O–H groups in total. The Labute approximate surface area is 37.3 Å². The maximum absolute atomic E-state index is 5.13. The van der Waals surface area contributed by atoms with Gasteiger partial charge in [0, 0.05) is 12.5 Å². The van der Waals surface area contributed by atoms with Crippen molar-refractivity contribution < 1.29 is 4.74 Å². The maximum Gasteiger partial charge on any atom is 0.0531 e. The molecule has 0 aromatic carbocycles. The van der Waals surface area contributed by atoms with Crippen molar-refractivity contribution >= 4 is 0 Å². The summed E-state index contributed by atoms with van der Waals surface area (Å²) < 4.78 is 4.81. The fourth-order valence-corrected chi connectivity index (χ4v) is 0.365. The molecule has 0 aromatic heterocycles. The number of hydrogen-bond donors (Lipinski definition) is 1. The van der Waals surface area contributed by atoms with Crippen molar-refractivity contribution in [3.05, 3.63) is 6.54 Å². The zero-order valence-corrected chi connectivity index (χ0v) is 3.55. The molecule has 1 aliphatic rings. The van der Waals surface area contributed by atoms with Crippen LogP contribution in [0.25, 0.3) is 0 Å². The van der Waals surface area contributed by atoms with Crippen LogP contribution in [-0.2, 0) is 4.74 Å². The average Bonchev–Trinajstić information content (AvgIpc) is 1.31. The van der Waals surface area contributed by atoms with Crippen molar-refractivity contribution in [2.75, 3.05) is 13.2 Å². The van der Waals surface area contributed by atoms with Crippen LogP contribution in [0, 0.1) is 12.5 Å². The van der Waals surface area contributed by atoms with Crippen molar-refractivity contribution in [1.82, 2.24) is 0 Å². The Morgan fingerprint density at radius 2 is 2.33 bits per heavy atom. The van der Waals surface area contributed by atoms with Gasteiger partial charge in [-0.15, -0.1) is 0 Å². The maximum atomic E-state index is 5.13. The summed E-state index contributed by atoms with van der Waals surface area (Å²) in [4.78, 5) is 0. The summed E-state index contributed by atoms with van der Waals surface area (Å²) in [5.74, 6) is 0.546. The largest absolute Gasteiger partial charge is 0.381 e. The predicted octanol–water partition coefficient (Wildman–Crippen LogP) is -0.247. The van der Waals surface area contributed by atoms with Crippen molar-refractivity contribution in [3.8, 4) is 0 Å². The molecule has 35 valence electrons. The fraction of sp³-hybridized carbons (Fsp3) is 0.750. The number of hydrogen-bond acceptors (Lipinski definition) is 2. The lowest BCUT2D eigenvalue weighted by molar-refractivity contribution is -0.0159. The molecule has 0 amide bonds. The van der Waals surface area contributed by atoms with Gasteiger partial charge in [-0.3, -0.25) is 0 Å². The van der Waals surface area contributed by atoms with Crippen molar-refractivity contribution in [2.45, 2.75) is 0 Å². The summed E-state index contributed by atoms with van der Waals surface area (Å²) in [6.45, 7) is 3.34. The molecule has 0 bridgehead atoms. The van der Waals surface area contributed by atoms with E-state index in [9.17, 15) is 0 Å². The van der Waals surface area contributed by atoms with E-state index < -0.39 is 0 Å². The fourth-order valence-electron chi connectivity index (χ4n) is 0.365. The molecule has 1 radical (unpaired) electrons. The van der Waals surface area contributed by atoms with Crippen LogP contribution in [0.2, 0.25) is 0 Å². The van der Waals surface area contributed by atoms with E-state index in [0.717, 1.165) is 13.2 Å². The Morgan fingerprint density at radius 1 is 1.67 bits per heavy atom. The van der Waals surface area contributed by atoms with Crippen LogP contribution >= 0.6 is 0 Å². The molecular formula is C4H8NO. The molecule has 1 fully saturated rings. The topological polar surface area (TPSA) is 35.2 Å². The smallest absolute Gasteiger partial charge is 0.0531 e. The van der Waals surface area contributed by atoms with Gasteiger partial charge in [0.1, 0.15) is 0 Å². The van der Waals surface area contributed by atoms with E-state index in [2.05, 4.69) is 0 Å². The highest BCUT2D eigenvalue weighted by atomic mass is 16.5. The molecule has 1 heterocycles. The van der Waals surface area contributed by atoms with Gasteiger partial charge in [0.25, 0.3) is 0 Å². The predicted molar refractivity (Wildman–Crippen MR) is 22.8 cm³/mol. The molecule has 0 spiro atoms. The highest BCUT2D eigenvalue weighted by Crippen LogP contribution is 2.08. The van der Waals surface area contributed by atoms with Gasteiger partial charge in [0.2, 0.25) is 0 Å². The Balaban J connectivity index is 2.01. The monoisotopic (exact) mass is 86.1 g/mol. The molecule has 2 heteroatoms. The van der Waals surface area contributed by atoms with Crippen molar-refractivity contribution in [1.29, 1.82) is 0 Å². The molecular weight excluding hydrogens is 78.0 g/mol. The molecule has 0 atom stereocenters. The van der Waals surface area contributed by atoms with Crippen LogP contribution < -0.4 is 5.73 Å². The van der Waals surface area contributed by atoms with Crippen LogP contribution in [0.3, 0.4) is 0 Å². The van der Waals surface area contributed by atoms with Crippen molar-refractivity contribution in [2.24, 2.45) is 11.7 Å². The van der Waals surface area contributed by atoms with E-state index in [1.807, 2.05) is 0 Å². The van der Waals surface area contributed by atoms with Gasteiger partial charge >= 0.3 is 0 Å². The third kappa shape index (κ3) is 0.533. The molecule has 1 saturated heterocycles. The molecule has 1 aliphatic heterocycles. The lowest BCUT2D eigenvalue weighted by atomic mass is 10.1. The molecule has 0 aliphatic carbocycles. The summed E-state index contributed by atoms with van der Waals surface area (Å²) in [6.07, 6.45) is 0. The van der Waals surface area contributed by atoms with E-state index in [-0.39, 0.29) is 0 Å². The lowest BCUT2D eigenvalue weighted by Crippen LogP contribution is -2.30. The molecule has 0 saturated carbocycles. The molecule has 0 aromatic rings. The number of ether oxygens (including phenoxy) is 1. The Kier molecular flexibility index (Phi) is 1.08. The highest BCUT2D eigenvalue weighted by molar-refractivity contribution is 4.74. The third-order valence-corrected chi connectivity index (χ3v) is 0.936. The van der Waals surface area contributed by atoms with Gasteiger partial charge in [0.05, 0.1) is 13.2 Å². The second-order valence-electron chi connectivity index (χ2n) is 1.49. The molecule has 0 unspecified atom stereocenters. The first kappa shape index (κ1) is 4.09. The third-order valence-electron chi connectivity index (χ3n) is 0.936. The average molecular weight is 86.1 g/mol. The van der Waals surface area contributed by atoms with E-state index in [1.54, 1.807) is 6.54 Å². The minimum Gasteiger partial charge on any atom is -0.381 e. The van der Waals surface area contributed by atoms with Crippen LogP contribution in [-0.4, -0.2) is 13.2 Å². The van der Waals surface area contributed by atoms with Crippen molar-refractivity contribution in [3.63, 3.8) is 0 Å². The lowest BCUT2D eigenvalue weighted by Gasteiger charge is -2.23. The standard InChI is InChI=1S/C4H8NO/c5-1-4-2-6-3-4/h1,4H,2-3,5H2. The minimum absolute atomic E-state index is 0.546. The van der Waals surface area contributed by atoms with Gasteiger partial charge in [-0.05, 0) is 0 Å². The Morgan fingerprint density at radius 3 is 2.33 bits per heavy atom. The first-order valence-electron chi connectivity index (χ1n) is 2.06. The highest BCUT2D eigenvalue weighted by Gasteiger charge is 2.15. The second-order valence-corrected chi connectivity index (χ2v) is 1.49. The van der Waals surface area contributed by atoms with Gasteiger partial charge in [-0.2, -0.15) is 0 Å². The number of rotatable bonds is 1. The number of nitrogens with two attached hydrogens (primary N) is 1. The van der Waals surface area contributed by atoms with Gasteiger partial charge in [-0.1, -0.05) is 0 Å². The summed E-state index contributed by atoms with van der Waals surface area (Å²) in [5, 5.41) is 0. The van der Waals surface area contributed by atoms with Crippen LogP contribution in [0.5, 0.6) is 0 Å². The van der Waals surface area contributed by atoms with Gasteiger partial charge < -0.3 is 10.5 Å². The molecule has 6 heavy (non-hydrogen) atoms. The van der Waals surface area contributed by atoms with Crippen LogP contribution in [0.4, 0.5) is 0 Å². The zero-order chi connectivity index (χ0) is 4.41. The van der Waals surface area contributed by atoms with E-state index in [4.69, 9.17) is 10.5 Å². The molecule has 1 rings (SSSR count). The first-order valence-corrected chi connectivity index (χ1v) is 2.06. The minimum atomic E-state index is 0.546. The normalized spacial score (nSPS) is 23.5. The summed E-state index contributed by atoms with van der Waals surface area (Å²) >= 11 is 0. The van der Waals surface area contributed by atoms with Gasteiger partial charge in [-0.25, -0.2) is 0 Å². The van der Waals surface area contributed by atoms with E-state index in [1.165, 1.54) is 0 Å². The SMILES string of the molecule is N[CH]C1COC1. The quantitative estimate of drug-likeness (QED) is 0.477. The van der Waals surface area contributed by atoms with E-state index >= 15 is 0 Å². The van der Waals surface area contributed by atoms with Gasteiger partial charge in [0.15, 0.2) is 0 Å². The summed E-state index contributed by atoms with van der Waals surface area (Å²) in [6, 6.07) is 0. The first-order chi connectivity index (χ1) is 2.93. The second kappa shape index (κ2) is 1.58. The van der Waals surface area contributed by atoms with Crippen LogP contribution in [0.15, 0.2) is 0 Å². The van der Waals surface area contributed by atoms with E-state index in [0.29, 0.717) is 5.92 Å². The Bertz CT molecular complexity index is 40.1. The summed E-state index contributed by atoms with van der Waals surface area (Å²) in [7, 11) is 0.